The Kier molecular flexibility index (Phi) is 3.60. The zero-order chi connectivity index (χ0) is 11.4. The fourth-order valence-electron chi connectivity index (χ4n) is 1.29. The molecule has 3 heteroatoms. The molecule has 0 amide bonds. The Labute approximate surface area is 104 Å². The summed E-state index contributed by atoms with van der Waals surface area (Å²) in [5.74, 6) is 0. The Morgan fingerprint density at radius 2 is 1.69 bits per heavy atom. The van der Waals surface area contributed by atoms with Crippen LogP contribution in [-0.2, 0) is 0 Å². The Bertz CT molecular complexity index is 507. The second kappa shape index (κ2) is 5.15. The third kappa shape index (κ3) is 2.63. The highest BCUT2D eigenvalue weighted by Crippen LogP contribution is 2.24. The quantitative estimate of drug-likeness (QED) is 0.761. The van der Waals surface area contributed by atoms with E-state index in [0.29, 0.717) is 15.7 Å². The lowest BCUT2D eigenvalue weighted by molar-refractivity contribution is 1.30. The van der Waals surface area contributed by atoms with Crippen molar-refractivity contribution >= 4 is 35.4 Å². The molecule has 0 aliphatic rings. The molecule has 1 aromatic carbocycles. The first kappa shape index (κ1) is 11.2. The average molecular weight is 250 g/mol. The second-order valence-electron chi connectivity index (χ2n) is 3.24. The third-order valence-electron chi connectivity index (χ3n) is 2.10. The molecule has 0 bridgehead atoms. The molecule has 0 unspecified atom stereocenters. The van der Waals surface area contributed by atoms with Crippen LogP contribution in [0.3, 0.4) is 0 Å². The topological polar surface area (TPSA) is 12.9 Å². The fourth-order valence-corrected chi connectivity index (χ4v) is 1.62. The summed E-state index contributed by atoms with van der Waals surface area (Å²) in [6.45, 7) is 0. The van der Waals surface area contributed by atoms with Crippen molar-refractivity contribution in [1.29, 1.82) is 0 Å². The molecule has 0 fully saturated rings. The van der Waals surface area contributed by atoms with Crippen LogP contribution in [0.15, 0.2) is 42.6 Å². The summed E-state index contributed by atoms with van der Waals surface area (Å²) in [5.41, 5.74) is 1.78. The molecular weight excluding hydrogens is 241 g/mol. The van der Waals surface area contributed by atoms with E-state index >= 15 is 0 Å². The number of pyridine rings is 1. The van der Waals surface area contributed by atoms with Gasteiger partial charge in [0.1, 0.15) is 0 Å². The first-order valence-corrected chi connectivity index (χ1v) is 5.56. The summed E-state index contributed by atoms with van der Waals surface area (Å²) in [5, 5.41) is 1.00. The van der Waals surface area contributed by atoms with Crippen LogP contribution in [0, 0.1) is 0 Å². The van der Waals surface area contributed by atoms with Crippen molar-refractivity contribution in [2.24, 2.45) is 0 Å². The molecule has 2 rings (SSSR count). The Morgan fingerprint density at radius 1 is 0.938 bits per heavy atom. The molecule has 16 heavy (non-hydrogen) atoms. The number of hydrogen-bond donors (Lipinski definition) is 0. The molecule has 1 aromatic heterocycles. The van der Waals surface area contributed by atoms with E-state index in [-0.39, 0.29) is 0 Å². The molecule has 0 aliphatic heterocycles. The number of halogens is 2. The van der Waals surface area contributed by atoms with Crippen molar-refractivity contribution < 1.29 is 0 Å². The summed E-state index contributed by atoms with van der Waals surface area (Å²) in [7, 11) is 0. The maximum atomic E-state index is 6.01. The van der Waals surface area contributed by atoms with E-state index in [1.807, 2.05) is 42.5 Å². The van der Waals surface area contributed by atoms with E-state index in [1.54, 1.807) is 12.3 Å². The molecule has 0 aliphatic carbocycles. The highest BCUT2D eigenvalue weighted by atomic mass is 35.5. The summed E-state index contributed by atoms with van der Waals surface area (Å²) in [4.78, 5) is 4.15. The molecule has 0 N–H and O–H groups in total. The van der Waals surface area contributed by atoms with Crippen LogP contribution in [0.2, 0.25) is 10.0 Å². The van der Waals surface area contributed by atoms with Gasteiger partial charge in [0, 0.05) is 6.20 Å². The van der Waals surface area contributed by atoms with Crippen molar-refractivity contribution in [1.82, 2.24) is 4.98 Å². The highest BCUT2D eigenvalue weighted by molar-refractivity contribution is 6.42. The van der Waals surface area contributed by atoms with Gasteiger partial charge in [-0.15, -0.1) is 0 Å². The van der Waals surface area contributed by atoms with E-state index in [2.05, 4.69) is 4.98 Å². The average Bonchev–Trinajstić information content (AvgIpc) is 2.32. The first-order valence-electron chi connectivity index (χ1n) is 4.80. The minimum absolute atomic E-state index is 0.483. The minimum atomic E-state index is 0.483. The van der Waals surface area contributed by atoms with Gasteiger partial charge in [0.05, 0.1) is 15.7 Å². The minimum Gasteiger partial charge on any atom is -0.255 e. The normalized spacial score (nSPS) is 10.9. The molecule has 1 nitrogen and oxygen atoms in total. The van der Waals surface area contributed by atoms with E-state index in [1.165, 1.54) is 0 Å². The van der Waals surface area contributed by atoms with Crippen molar-refractivity contribution in [3.8, 4) is 0 Å². The van der Waals surface area contributed by atoms with Crippen LogP contribution >= 0.6 is 23.2 Å². The molecule has 80 valence electrons. The molecule has 2 aromatic rings. The van der Waals surface area contributed by atoms with E-state index < -0.39 is 0 Å². The Balaban J connectivity index is 2.28. The fraction of sp³-hybridized carbons (Fsp3) is 0. The van der Waals surface area contributed by atoms with Crippen LogP contribution in [0.1, 0.15) is 11.3 Å². The molecule has 1 heterocycles. The number of rotatable bonds is 2. The van der Waals surface area contributed by atoms with Crippen LogP contribution < -0.4 is 0 Å². The smallest absolute Gasteiger partial charge is 0.0849 e. The SMILES string of the molecule is Clc1ccnc(C=Cc2ccccc2)c1Cl. The van der Waals surface area contributed by atoms with Crippen LogP contribution in [0.4, 0.5) is 0 Å². The van der Waals surface area contributed by atoms with Crippen LogP contribution in [0.5, 0.6) is 0 Å². The van der Waals surface area contributed by atoms with E-state index in [9.17, 15) is 0 Å². The zero-order valence-electron chi connectivity index (χ0n) is 8.40. The van der Waals surface area contributed by atoms with Gasteiger partial charge in [0.25, 0.3) is 0 Å². The predicted octanol–water partition coefficient (Wildman–Crippen LogP) is 4.56. The largest absolute Gasteiger partial charge is 0.255 e. The number of benzene rings is 1. The monoisotopic (exact) mass is 249 g/mol. The van der Waals surface area contributed by atoms with Gasteiger partial charge >= 0.3 is 0 Å². The summed E-state index contributed by atoms with van der Waals surface area (Å²) in [6, 6.07) is 11.6. The van der Waals surface area contributed by atoms with Crippen molar-refractivity contribution in [2.75, 3.05) is 0 Å². The molecule has 0 saturated heterocycles. The maximum Gasteiger partial charge on any atom is 0.0849 e. The zero-order valence-corrected chi connectivity index (χ0v) is 9.91. The van der Waals surface area contributed by atoms with Crippen molar-refractivity contribution in [3.63, 3.8) is 0 Å². The lowest BCUT2D eigenvalue weighted by Crippen LogP contribution is -1.82. The maximum absolute atomic E-state index is 6.01. The van der Waals surface area contributed by atoms with Crippen LogP contribution in [-0.4, -0.2) is 4.98 Å². The summed E-state index contributed by atoms with van der Waals surface area (Å²) < 4.78 is 0. The third-order valence-corrected chi connectivity index (χ3v) is 2.91. The van der Waals surface area contributed by atoms with E-state index in [4.69, 9.17) is 23.2 Å². The number of nitrogens with zero attached hydrogens (tertiary/aromatic N) is 1. The van der Waals surface area contributed by atoms with Gasteiger partial charge in [0.15, 0.2) is 0 Å². The van der Waals surface area contributed by atoms with Gasteiger partial charge in [-0.25, -0.2) is 0 Å². The standard InChI is InChI=1S/C13H9Cl2N/c14-11-8-9-16-12(13(11)15)7-6-10-4-2-1-3-5-10/h1-9H. The highest BCUT2D eigenvalue weighted by Gasteiger charge is 2.01. The second-order valence-corrected chi connectivity index (χ2v) is 4.02. The Hall–Kier alpha value is -1.31. The lowest BCUT2D eigenvalue weighted by atomic mass is 10.2. The summed E-state index contributed by atoms with van der Waals surface area (Å²) >= 11 is 11.9. The predicted molar refractivity (Wildman–Crippen MR) is 69.6 cm³/mol. The van der Waals surface area contributed by atoms with Gasteiger partial charge in [0.2, 0.25) is 0 Å². The van der Waals surface area contributed by atoms with Gasteiger partial charge < -0.3 is 0 Å². The molecule has 0 radical (unpaired) electrons. The summed E-state index contributed by atoms with van der Waals surface area (Å²) in [6.07, 6.45) is 5.44. The van der Waals surface area contributed by atoms with Gasteiger partial charge in [-0.05, 0) is 17.7 Å². The van der Waals surface area contributed by atoms with Gasteiger partial charge in [-0.3, -0.25) is 4.98 Å². The Morgan fingerprint density at radius 3 is 2.44 bits per heavy atom. The lowest BCUT2D eigenvalue weighted by Gasteiger charge is -1.98. The van der Waals surface area contributed by atoms with E-state index in [0.717, 1.165) is 5.56 Å². The molecular formula is C13H9Cl2N. The van der Waals surface area contributed by atoms with Gasteiger partial charge in [-0.1, -0.05) is 59.6 Å². The first-order chi connectivity index (χ1) is 7.77. The van der Waals surface area contributed by atoms with Crippen molar-refractivity contribution in [3.05, 3.63) is 63.9 Å². The molecule has 0 saturated carbocycles. The molecule has 0 atom stereocenters. The number of hydrogen-bond acceptors (Lipinski definition) is 1. The van der Waals surface area contributed by atoms with Crippen molar-refractivity contribution in [2.45, 2.75) is 0 Å². The van der Waals surface area contributed by atoms with Crippen LogP contribution in [0.25, 0.3) is 12.2 Å². The number of aromatic nitrogens is 1. The van der Waals surface area contributed by atoms with Gasteiger partial charge in [-0.2, -0.15) is 0 Å². The molecule has 0 spiro atoms.